The van der Waals surface area contributed by atoms with Crippen LogP contribution in [-0.2, 0) is 14.3 Å². The summed E-state index contributed by atoms with van der Waals surface area (Å²) in [4.78, 5) is 27.2. The Labute approximate surface area is 152 Å². The Hall–Kier alpha value is -2.86. The van der Waals surface area contributed by atoms with Crippen LogP contribution in [0, 0.1) is 6.92 Å². The number of amides is 1. The maximum absolute atomic E-state index is 12.9. The lowest BCUT2D eigenvalue weighted by molar-refractivity contribution is -0.145. The molecule has 1 aliphatic heterocycles. The lowest BCUT2D eigenvalue weighted by Gasteiger charge is -2.30. The van der Waals surface area contributed by atoms with Crippen molar-refractivity contribution in [2.24, 2.45) is 0 Å². The molecule has 0 saturated carbocycles. The number of benzene rings is 2. The third kappa shape index (κ3) is 3.86. The Morgan fingerprint density at radius 2 is 1.77 bits per heavy atom. The zero-order valence-corrected chi connectivity index (χ0v) is 14.6. The Kier molecular flexibility index (Phi) is 5.53. The first-order chi connectivity index (χ1) is 12.6. The molecule has 0 aromatic heterocycles. The number of nitrogens with zero attached hydrogens (tertiary/aromatic N) is 1. The monoisotopic (exact) mass is 355 g/mol. The minimum Gasteiger partial charge on any atom is -0.507 e. The first-order valence-electron chi connectivity index (χ1n) is 8.49. The summed E-state index contributed by atoms with van der Waals surface area (Å²) in [6.45, 7) is 3.52. The summed E-state index contributed by atoms with van der Waals surface area (Å²) in [7, 11) is 0. The third-order valence-electron chi connectivity index (χ3n) is 4.33. The quantitative estimate of drug-likeness (QED) is 0.853. The predicted molar refractivity (Wildman–Crippen MR) is 94.8 cm³/mol. The molecule has 26 heavy (non-hydrogen) atoms. The molecule has 0 radical (unpaired) electrons. The number of para-hydroxylation sites is 1. The molecular formula is C20H21NO5. The van der Waals surface area contributed by atoms with E-state index in [9.17, 15) is 14.7 Å². The number of aromatic hydroxyl groups is 1. The van der Waals surface area contributed by atoms with Gasteiger partial charge in [0.25, 0.3) is 5.91 Å². The molecule has 2 aromatic rings. The van der Waals surface area contributed by atoms with Crippen LogP contribution in [0.2, 0.25) is 0 Å². The van der Waals surface area contributed by atoms with Gasteiger partial charge in [0, 0.05) is 18.7 Å². The molecule has 6 nitrogen and oxygen atoms in total. The van der Waals surface area contributed by atoms with Crippen molar-refractivity contribution in [2.75, 3.05) is 26.3 Å². The first kappa shape index (κ1) is 17.9. The average Bonchev–Trinajstić information content (AvgIpc) is 2.69. The fourth-order valence-electron chi connectivity index (χ4n) is 2.83. The van der Waals surface area contributed by atoms with E-state index in [1.165, 1.54) is 6.07 Å². The second-order valence-electron chi connectivity index (χ2n) is 6.10. The van der Waals surface area contributed by atoms with Crippen molar-refractivity contribution in [3.8, 4) is 5.75 Å². The molecule has 1 saturated heterocycles. The molecule has 0 spiro atoms. The maximum Gasteiger partial charge on any atom is 0.343 e. The Balaban J connectivity index is 1.87. The molecule has 1 aliphatic rings. The molecule has 3 rings (SSSR count). The van der Waals surface area contributed by atoms with Gasteiger partial charge in [-0.05, 0) is 18.6 Å². The van der Waals surface area contributed by atoms with Gasteiger partial charge < -0.3 is 19.5 Å². The van der Waals surface area contributed by atoms with Gasteiger partial charge in [-0.2, -0.15) is 0 Å². The summed E-state index contributed by atoms with van der Waals surface area (Å²) in [5.41, 5.74) is 1.19. The smallest absolute Gasteiger partial charge is 0.343 e. The zero-order valence-electron chi connectivity index (χ0n) is 14.6. The fraction of sp³-hybridized carbons (Fsp3) is 0.300. The SMILES string of the molecule is Cc1cccc(C(=O)O[C@@H](C(=O)N2CCOCC2)c2ccccc2)c1O. The molecule has 0 bridgehead atoms. The lowest BCUT2D eigenvalue weighted by Crippen LogP contribution is -2.44. The van der Waals surface area contributed by atoms with Crippen LogP contribution in [0.4, 0.5) is 0 Å². The number of ether oxygens (including phenoxy) is 2. The van der Waals surface area contributed by atoms with Crippen LogP contribution in [-0.4, -0.2) is 48.2 Å². The van der Waals surface area contributed by atoms with Gasteiger partial charge in [-0.1, -0.05) is 42.5 Å². The topological polar surface area (TPSA) is 76.1 Å². The second kappa shape index (κ2) is 8.01. The highest BCUT2D eigenvalue weighted by Crippen LogP contribution is 2.27. The average molecular weight is 355 g/mol. The molecule has 6 heteroatoms. The van der Waals surface area contributed by atoms with E-state index >= 15 is 0 Å². The molecule has 1 N–H and O–H groups in total. The van der Waals surface area contributed by atoms with E-state index < -0.39 is 12.1 Å². The van der Waals surface area contributed by atoms with Gasteiger partial charge in [0.2, 0.25) is 6.10 Å². The van der Waals surface area contributed by atoms with Crippen molar-refractivity contribution in [1.29, 1.82) is 0 Å². The predicted octanol–water partition coefficient (Wildman–Crippen LogP) is 2.46. The van der Waals surface area contributed by atoms with Crippen LogP contribution in [0.25, 0.3) is 0 Å². The van der Waals surface area contributed by atoms with Gasteiger partial charge in [0.15, 0.2) is 0 Å². The number of hydrogen-bond donors (Lipinski definition) is 1. The van der Waals surface area contributed by atoms with Gasteiger partial charge in [0.1, 0.15) is 11.3 Å². The standard InChI is InChI=1S/C20H21NO5/c1-14-6-5-9-16(17(14)22)20(24)26-18(15-7-3-2-4-8-15)19(23)21-10-12-25-13-11-21/h2-9,18,22H,10-13H2,1H3/t18-/m1/s1. The van der Waals surface area contributed by atoms with Crippen molar-refractivity contribution in [3.63, 3.8) is 0 Å². The van der Waals surface area contributed by atoms with Gasteiger partial charge in [-0.25, -0.2) is 4.79 Å². The van der Waals surface area contributed by atoms with Crippen LogP contribution >= 0.6 is 0 Å². The van der Waals surface area contributed by atoms with E-state index in [-0.39, 0.29) is 17.2 Å². The second-order valence-corrected chi connectivity index (χ2v) is 6.10. The summed E-state index contributed by atoms with van der Waals surface area (Å²) in [6.07, 6.45) is -1.07. The van der Waals surface area contributed by atoms with Crippen molar-refractivity contribution >= 4 is 11.9 Å². The molecule has 0 unspecified atom stereocenters. The van der Waals surface area contributed by atoms with Crippen molar-refractivity contribution in [3.05, 3.63) is 65.2 Å². The normalized spacial score (nSPS) is 15.3. The highest BCUT2D eigenvalue weighted by molar-refractivity contribution is 5.95. The lowest BCUT2D eigenvalue weighted by atomic mass is 10.1. The number of phenolic OH excluding ortho intramolecular Hbond substituents is 1. The van der Waals surface area contributed by atoms with Crippen LogP contribution in [0.15, 0.2) is 48.5 Å². The molecule has 0 aliphatic carbocycles. The molecule has 1 atom stereocenters. The van der Waals surface area contributed by atoms with Crippen molar-refractivity contribution in [1.82, 2.24) is 4.90 Å². The van der Waals surface area contributed by atoms with Gasteiger partial charge >= 0.3 is 5.97 Å². The fourth-order valence-corrected chi connectivity index (χ4v) is 2.83. The van der Waals surface area contributed by atoms with Crippen LogP contribution in [0.3, 0.4) is 0 Å². The van der Waals surface area contributed by atoms with E-state index in [1.54, 1.807) is 48.2 Å². The Bertz CT molecular complexity index is 784. The largest absolute Gasteiger partial charge is 0.507 e. The molecule has 1 heterocycles. The number of carbonyl (C=O) groups is 2. The van der Waals surface area contributed by atoms with Gasteiger partial charge in [0.05, 0.1) is 13.2 Å². The van der Waals surface area contributed by atoms with E-state index in [0.29, 0.717) is 37.4 Å². The highest BCUT2D eigenvalue weighted by atomic mass is 16.5. The summed E-state index contributed by atoms with van der Waals surface area (Å²) in [5, 5.41) is 10.1. The van der Waals surface area contributed by atoms with E-state index in [1.807, 2.05) is 6.07 Å². The molecule has 2 aromatic carbocycles. The van der Waals surface area contributed by atoms with Crippen molar-refractivity contribution < 1.29 is 24.2 Å². The first-order valence-corrected chi connectivity index (χ1v) is 8.49. The van der Waals surface area contributed by atoms with E-state index in [4.69, 9.17) is 9.47 Å². The zero-order chi connectivity index (χ0) is 18.5. The van der Waals surface area contributed by atoms with Crippen molar-refractivity contribution in [2.45, 2.75) is 13.0 Å². The number of phenols is 1. The molecule has 1 amide bonds. The number of aryl methyl sites for hydroxylation is 1. The summed E-state index contributed by atoms with van der Waals surface area (Å²) >= 11 is 0. The molecule has 1 fully saturated rings. The molecule has 136 valence electrons. The minimum absolute atomic E-state index is 0.0423. The third-order valence-corrected chi connectivity index (χ3v) is 4.33. The van der Waals surface area contributed by atoms with Crippen LogP contribution < -0.4 is 0 Å². The number of hydrogen-bond acceptors (Lipinski definition) is 5. The highest BCUT2D eigenvalue weighted by Gasteiger charge is 2.31. The minimum atomic E-state index is -1.07. The van der Waals surface area contributed by atoms with Crippen LogP contribution in [0.5, 0.6) is 5.75 Å². The van der Waals surface area contributed by atoms with E-state index in [0.717, 1.165) is 0 Å². The van der Waals surface area contributed by atoms with Crippen LogP contribution in [0.1, 0.15) is 27.6 Å². The Morgan fingerprint density at radius 1 is 1.08 bits per heavy atom. The summed E-state index contributed by atoms with van der Waals surface area (Å²) in [6, 6.07) is 13.7. The number of morpholine rings is 1. The number of rotatable bonds is 4. The molecular weight excluding hydrogens is 334 g/mol. The Morgan fingerprint density at radius 3 is 2.46 bits per heavy atom. The van der Waals surface area contributed by atoms with Gasteiger partial charge in [-0.3, -0.25) is 4.79 Å². The summed E-state index contributed by atoms with van der Waals surface area (Å²) < 4.78 is 10.8. The summed E-state index contributed by atoms with van der Waals surface area (Å²) in [5.74, 6) is -1.16. The number of esters is 1. The van der Waals surface area contributed by atoms with Gasteiger partial charge in [-0.15, -0.1) is 0 Å². The van der Waals surface area contributed by atoms with E-state index in [2.05, 4.69) is 0 Å². The maximum atomic E-state index is 12.9. The number of carbonyl (C=O) groups excluding carboxylic acids is 2.